The predicted octanol–water partition coefficient (Wildman–Crippen LogP) is -2.21. The van der Waals surface area contributed by atoms with Gasteiger partial charge < -0.3 is 24.8 Å². The van der Waals surface area contributed by atoms with E-state index in [4.69, 9.17) is 0 Å². The van der Waals surface area contributed by atoms with Gasteiger partial charge in [0, 0.05) is 0 Å². The van der Waals surface area contributed by atoms with Gasteiger partial charge in [-0.3, -0.25) is 12.2 Å². The standard InChI is InChI=1S/C8H11.C5H5.2ClH.Zr/c1-3-8-6-4-5-7(8)2;1-2-4-5-3-1;;;/h6H,3-4H2,1-2H3;1-3H,4H2;2*1H;/q2*-1;;;+4/p-2. The zero-order valence-corrected chi connectivity index (χ0v) is 13.7. The molecule has 0 aromatic heterocycles. The predicted molar refractivity (Wildman–Crippen MR) is 57.0 cm³/mol. The molecular formula is C13H16Cl2Zr. The Morgan fingerprint density at radius 3 is 2.12 bits per heavy atom. The van der Waals surface area contributed by atoms with E-state index in [-0.39, 0.29) is 51.0 Å². The molecule has 0 heterocycles. The minimum atomic E-state index is 0. The van der Waals surface area contributed by atoms with Crippen LogP contribution in [0.3, 0.4) is 0 Å². The SMILES string of the molecule is CCC1=CC[C-]=C1C.[C-]1=CC=CC1.[Cl-].[Cl-].[Zr+4]. The summed E-state index contributed by atoms with van der Waals surface area (Å²) < 4.78 is 0. The van der Waals surface area contributed by atoms with Gasteiger partial charge in [0.2, 0.25) is 0 Å². The normalized spacial score (nSPS) is 14.6. The Morgan fingerprint density at radius 2 is 1.94 bits per heavy atom. The van der Waals surface area contributed by atoms with E-state index in [1.54, 1.807) is 0 Å². The van der Waals surface area contributed by atoms with Gasteiger partial charge in [0.1, 0.15) is 0 Å². The van der Waals surface area contributed by atoms with Crippen LogP contribution in [0, 0.1) is 12.2 Å². The van der Waals surface area contributed by atoms with Crippen molar-refractivity contribution in [3.63, 3.8) is 0 Å². The third-order valence-corrected chi connectivity index (χ3v) is 2.16. The molecule has 0 spiro atoms. The van der Waals surface area contributed by atoms with Crippen LogP contribution in [0.1, 0.15) is 33.1 Å². The maximum atomic E-state index is 3.24. The van der Waals surface area contributed by atoms with Gasteiger partial charge in [-0.15, -0.1) is 12.8 Å². The first-order chi connectivity index (χ1) is 6.34. The van der Waals surface area contributed by atoms with Crippen LogP contribution in [0.2, 0.25) is 0 Å². The summed E-state index contributed by atoms with van der Waals surface area (Å²) in [5.41, 5.74) is 2.83. The third kappa shape index (κ3) is 8.56. The van der Waals surface area contributed by atoms with Crippen molar-refractivity contribution in [2.24, 2.45) is 0 Å². The Kier molecular flexibility index (Phi) is 18.3. The third-order valence-electron chi connectivity index (χ3n) is 2.16. The molecule has 3 heteroatoms. The van der Waals surface area contributed by atoms with Crippen molar-refractivity contribution < 1.29 is 51.0 Å². The molecule has 2 rings (SSSR count). The fourth-order valence-corrected chi connectivity index (χ4v) is 1.34. The maximum Gasteiger partial charge on any atom is 4.00 e. The Morgan fingerprint density at radius 1 is 1.25 bits per heavy atom. The van der Waals surface area contributed by atoms with Crippen LogP contribution in [-0.4, -0.2) is 0 Å². The van der Waals surface area contributed by atoms with Crippen LogP contribution in [0.25, 0.3) is 0 Å². The molecule has 0 aromatic carbocycles. The van der Waals surface area contributed by atoms with E-state index in [9.17, 15) is 0 Å². The summed E-state index contributed by atoms with van der Waals surface area (Å²) in [6.07, 6.45) is 17.7. The molecule has 0 nitrogen and oxygen atoms in total. The minimum absolute atomic E-state index is 0. The second-order valence-corrected chi connectivity index (χ2v) is 3.09. The molecule has 0 aromatic rings. The van der Waals surface area contributed by atoms with E-state index >= 15 is 0 Å². The number of halogens is 2. The van der Waals surface area contributed by atoms with E-state index in [1.807, 2.05) is 12.2 Å². The molecule has 86 valence electrons. The number of hydrogen-bond donors (Lipinski definition) is 0. The molecule has 0 unspecified atom stereocenters. The minimum Gasteiger partial charge on any atom is -1.00 e. The van der Waals surface area contributed by atoms with E-state index in [2.05, 4.69) is 38.2 Å². The van der Waals surface area contributed by atoms with Crippen LogP contribution < -0.4 is 24.8 Å². The Labute approximate surface area is 131 Å². The van der Waals surface area contributed by atoms with Gasteiger partial charge in [-0.25, -0.2) is 17.7 Å². The quantitative estimate of drug-likeness (QED) is 0.477. The van der Waals surface area contributed by atoms with Crippen molar-refractivity contribution in [3.05, 3.63) is 47.6 Å². The molecule has 0 saturated heterocycles. The van der Waals surface area contributed by atoms with Crippen LogP contribution >= 0.6 is 0 Å². The van der Waals surface area contributed by atoms with E-state index < -0.39 is 0 Å². The zero-order chi connectivity index (χ0) is 9.52. The summed E-state index contributed by atoms with van der Waals surface area (Å²) in [7, 11) is 0. The van der Waals surface area contributed by atoms with E-state index in [0.29, 0.717) is 0 Å². The summed E-state index contributed by atoms with van der Waals surface area (Å²) >= 11 is 0. The Hall–Kier alpha value is 0.423. The maximum absolute atomic E-state index is 3.24. The molecule has 0 amide bonds. The van der Waals surface area contributed by atoms with Gasteiger partial charge in [-0.1, -0.05) is 20.3 Å². The van der Waals surface area contributed by atoms with Crippen molar-refractivity contribution in [1.82, 2.24) is 0 Å². The van der Waals surface area contributed by atoms with Crippen molar-refractivity contribution in [1.29, 1.82) is 0 Å². The Balaban J connectivity index is -0.000000189. The van der Waals surface area contributed by atoms with Gasteiger partial charge in [0.05, 0.1) is 0 Å². The summed E-state index contributed by atoms with van der Waals surface area (Å²) in [4.78, 5) is 0. The number of rotatable bonds is 1. The first-order valence-electron chi connectivity index (χ1n) is 4.83. The second-order valence-electron chi connectivity index (χ2n) is 3.09. The monoisotopic (exact) mass is 332 g/mol. The van der Waals surface area contributed by atoms with E-state index in [0.717, 1.165) is 12.8 Å². The summed E-state index contributed by atoms with van der Waals surface area (Å²) in [6, 6.07) is 0. The van der Waals surface area contributed by atoms with Crippen molar-refractivity contribution in [2.75, 3.05) is 0 Å². The summed E-state index contributed by atoms with van der Waals surface area (Å²) in [5, 5.41) is 0. The molecule has 0 bridgehead atoms. The summed E-state index contributed by atoms with van der Waals surface area (Å²) in [5.74, 6) is 0. The van der Waals surface area contributed by atoms with Crippen molar-refractivity contribution >= 4 is 0 Å². The molecule has 0 radical (unpaired) electrons. The van der Waals surface area contributed by atoms with E-state index in [1.165, 1.54) is 17.6 Å². The molecule has 0 fully saturated rings. The molecular weight excluding hydrogens is 318 g/mol. The van der Waals surface area contributed by atoms with Gasteiger partial charge in [0.15, 0.2) is 0 Å². The molecule has 0 saturated carbocycles. The zero-order valence-electron chi connectivity index (χ0n) is 9.69. The fraction of sp³-hybridized carbons (Fsp3) is 0.385. The largest absolute Gasteiger partial charge is 4.00 e. The fourth-order valence-electron chi connectivity index (χ4n) is 1.34. The van der Waals surface area contributed by atoms with Crippen LogP contribution in [0.4, 0.5) is 0 Å². The first kappa shape index (κ1) is 21.7. The van der Waals surface area contributed by atoms with Gasteiger partial charge >= 0.3 is 26.2 Å². The Bertz CT molecular complexity index is 266. The second kappa shape index (κ2) is 13.5. The number of allylic oxidation sites excluding steroid dienone is 8. The molecule has 2 aliphatic carbocycles. The average Bonchev–Trinajstić information content (AvgIpc) is 2.76. The number of hydrogen-bond acceptors (Lipinski definition) is 0. The van der Waals surface area contributed by atoms with Gasteiger partial charge in [0.25, 0.3) is 0 Å². The average molecular weight is 334 g/mol. The summed E-state index contributed by atoms with van der Waals surface area (Å²) in [6.45, 7) is 4.31. The molecule has 0 aliphatic heterocycles. The van der Waals surface area contributed by atoms with Crippen LogP contribution in [-0.2, 0) is 26.2 Å². The molecule has 16 heavy (non-hydrogen) atoms. The first-order valence-corrected chi connectivity index (χ1v) is 4.83. The van der Waals surface area contributed by atoms with Crippen LogP contribution in [0.5, 0.6) is 0 Å². The van der Waals surface area contributed by atoms with Crippen molar-refractivity contribution in [3.8, 4) is 0 Å². The van der Waals surface area contributed by atoms with Gasteiger partial charge in [-0.2, -0.15) is 17.7 Å². The van der Waals surface area contributed by atoms with Gasteiger partial charge in [-0.05, 0) is 0 Å². The van der Waals surface area contributed by atoms with Crippen LogP contribution in [0.15, 0.2) is 35.5 Å². The molecule has 0 atom stereocenters. The molecule has 2 aliphatic rings. The smallest absolute Gasteiger partial charge is 1.00 e. The molecule has 0 N–H and O–H groups in total. The topological polar surface area (TPSA) is 0 Å². The van der Waals surface area contributed by atoms with Crippen molar-refractivity contribution in [2.45, 2.75) is 33.1 Å².